The van der Waals surface area contributed by atoms with Crippen LogP contribution in [0.25, 0.3) is 0 Å². The van der Waals surface area contributed by atoms with Gasteiger partial charge in [-0.15, -0.1) is 0 Å². The lowest BCUT2D eigenvalue weighted by Gasteiger charge is -2.47. The third kappa shape index (κ3) is 10.6. The van der Waals surface area contributed by atoms with E-state index in [-0.39, 0.29) is 45.0 Å². The van der Waals surface area contributed by atoms with Crippen LogP contribution < -0.4 is 5.32 Å². The number of aliphatic hydroxyl groups is 1. The Kier molecular flexibility index (Phi) is 9.96. The highest BCUT2D eigenvalue weighted by Gasteiger charge is 2.44. The fourth-order valence-electron chi connectivity index (χ4n) is 6.58. The molecule has 7 heteroatoms. The maximum absolute atomic E-state index is 13.1. The van der Waals surface area contributed by atoms with Crippen molar-refractivity contribution in [2.75, 3.05) is 6.61 Å². The van der Waals surface area contributed by atoms with Gasteiger partial charge in [-0.2, -0.15) is 12.6 Å². The summed E-state index contributed by atoms with van der Waals surface area (Å²) < 4.78 is 13.1. The molecule has 0 spiro atoms. The van der Waals surface area contributed by atoms with Crippen molar-refractivity contribution in [1.29, 1.82) is 0 Å². The Morgan fingerprint density at radius 1 is 1.20 bits per heavy atom. The maximum Gasteiger partial charge on any atom is 0.223 e. The van der Waals surface area contributed by atoms with E-state index in [1.54, 1.807) is 0 Å². The number of nitrogens with one attached hydrogen (secondary N) is 1. The number of hydrogen-bond acceptors (Lipinski definition) is 5. The highest BCUT2D eigenvalue weighted by molar-refractivity contribution is 7.81. The van der Waals surface area contributed by atoms with Crippen molar-refractivity contribution in [1.82, 2.24) is 5.32 Å². The SMILES string of the molecule is BC(C)(C)CC1(C)CC(=O)NC(CO[C@H]2CC(C)(C)CCCC2O)CC(C(C)(C)CC(C)(C)S)O1. The van der Waals surface area contributed by atoms with Gasteiger partial charge in [0.2, 0.25) is 5.91 Å². The van der Waals surface area contributed by atoms with Crippen LogP contribution in [0.3, 0.4) is 0 Å². The van der Waals surface area contributed by atoms with Gasteiger partial charge in [-0.25, -0.2) is 0 Å². The first-order valence-electron chi connectivity index (χ1n) is 13.7. The molecule has 5 atom stereocenters. The Morgan fingerprint density at radius 2 is 1.83 bits per heavy atom. The summed E-state index contributed by atoms with van der Waals surface area (Å²) in [5.41, 5.74) is -0.542. The van der Waals surface area contributed by atoms with Crippen LogP contribution in [0.4, 0.5) is 0 Å². The van der Waals surface area contributed by atoms with Crippen LogP contribution in [0.5, 0.6) is 0 Å². The quantitative estimate of drug-likeness (QED) is 0.241. The zero-order valence-corrected chi connectivity index (χ0v) is 25.2. The molecule has 2 fully saturated rings. The molecule has 2 rings (SSSR count). The summed E-state index contributed by atoms with van der Waals surface area (Å²) in [6.45, 7) is 20.2. The van der Waals surface area contributed by atoms with Crippen LogP contribution in [0.2, 0.25) is 5.31 Å². The lowest BCUT2D eigenvalue weighted by molar-refractivity contribution is -0.166. The van der Waals surface area contributed by atoms with Crippen LogP contribution >= 0.6 is 12.6 Å². The van der Waals surface area contributed by atoms with E-state index in [0.717, 1.165) is 38.5 Å². The number of carbonyl (C=O) groups is 1. The summed E-state index contributed by atoms with van der Waals surface area (Å²) in [6.07, 6.45) is 5.69. The van der Waals surface area contributed by atoms with E-state index >= 15 is 0 Å². The molecule has 0 bridgehead atoms. The average Bonchev–Trinajstić information content (AvgIpc) is 2.71. The maximum atomic E-state index is 13.1. The van der Waals surface area contributed by atoms with Crippen LogP contribution in [-0.4, -0.2) is 60.2 Å². The molecule has 0 radical (unpaired) electrons. The van der Waals surface area contributed by atoms with Crippen LogP contribution in [-0.2, 0) is 14.3 Å². The van der Waals surface area contributed by atoms with Crippen LogP contribution in [0, 0.1) is 10.8 Å². The van der Waals surface area contributed by atoms with Gasteiger partial charge in [0.25, 0.3) is 0 Å². The van der Waals surface area contributed by atoms with E-state index in [9.17, 15) is 9.90 Å². The number of carbonyl (C=O) groups excluding carboxylic acids is 1. The molecule has 5 nitrogen and oxygen atoms in total. The van der Waals surface area contributed by atoms with Crippen molar-refractivity contribution in [3.63, 3.8) is 0 Å². The predicted octanol–water partition coefficient (Wildman–Crippen LogP) is 5.10. The van der Waals surface area contributed by atoms with E-state index in [2.05, 4.69) is 75.5 Å². The zero-order valence-electron chi connectivity index (χ0n) is 24.3. The molecule has 35 heavy (non-hydrogen) atoms. The summed E-state index contributed by atoms with van der Waals surface area (Å²) in [4.78, 5) is 13.1. The van der Waals surface area contributed by atoms with Gasteiger partial charge in [0, 0.05) is 4.75 Å². The van der Waals surface area contributed by atoms with Gasteiger partial charge < -0.3 is 19.9 Å². The highest BCUT2D eigenvalue weighted by Crippen LogP contribution is 2.44. The first-order chi connectivity index (χ1) is 15.7. The molecular weight excluding hydrogens is 457 g/mol. The Balaban J connectivity index is 2.25. The Bertz CT molecular complexity index is 715. The number of aliphatic hydroxyl groups excluding tert-OH is 1. The minimum Gasteiger partial charge on any atom is -0.390 e. The largest absolute Gasteiger partial charge is 0.390 e. The molecule has 204 valence electrons. The highest BCUT2D eigenvalue weighted by atomic mass is 32.1. The topological polar surface area (TPSA) is 67.8 Å². The van der Waals surface area contributed by atoms with Gasteiger partial charge in [0.05, 0.1) is 43.0 Å². The molecule has 1 amide bonds. The molecule has 0 aromatic heterocycles. The predicted molar refractivity (Wildman–Crippen MR) is 151 cm³/mol. The van der Waals surface area contributed by atoms with Crippen molar-refractivity contribution in [2.24, 2.45) is 10.8 Å². The first kappa shape index (κ1) is 31.0. The van der Waals surface area contributed by atoms with Gasteiger partial charge >= 0.3 is 0 Å². The lowest BCUT2D eigenvalue weighted by Crippen LogP contribution is -2.54. The number of amides is 1. The minimum absolute atomic E-state index is 0.0119. The van der Waals surface area contributed by atoms with Crippen molar-refractivity contribution in [3.8, 4) is 0 Å². The van der Waals surface area contributed by atoms with E-state index in [4.69, 9.17) is 22.1 Å². The van der Waals surface area contributed by atoms with Gasteiger partial charge in [-0.1, -0.05) is 67.1 Å². The number of thiol groups is 1. The van der Waals surface area contributed by atoms with Gasteiger partial charge in [0.15, 0.2) is 0 Å². The minimum atomic E-state index is -0.543. The van der Waals surface area contributed by atoms with Gasteiger partial charge in [-0.05, 0) is 56.3 Å². The molecule has 0 aromatic carbocycles. The zero-order chi connectivity index (χ0) is 26.9. The molecule has 1 saturated heterocycles. The second-order valence-corrected chi connectivity index (χ2v) is 16.4. The summed E-state index contributed by atoms with van der Waals surface area (Å²) in [5, 5.41) is 14.0. The normalized spacial score (nSPS) is 33.4. The summed E-state index contributed by atoms with van der Waals surface area (Å²) in [7, 11) is 2.20. The molecule has 4 unspecified atom stereocenters. The molecule has 1 heterocycles. The molecule has 2 N–H and O–H groups in total. The standard InChI is InChI=1S/C28H54BNO4S/c1-24(2)12-10-11-20(31)21(14-24)33-16-19-13-22(25(3,4)17-27(7,8)35)34-28(9,15-23(32)30-19)18-26(5,6)29/h19-22,31,35H,10-18,29H2,1-9H3,(H,30,32)/t19?,20?,21-,22?,28?/m0/s1. The third-order valence-corrected chi connectivity index (χ3v) is 7.70. The van der Waals surface area contributed by atoms with E-state index in [1.807, 2.05) is 0 Å². The second-order valence-electron chi connectivity index (χ2n) is 15.1. The van der Waals surface area contributed by atoms with Gasteiger partial charge in [0.1, 0.15) is 7.85 Å². The molecule has 1 aliphatic carbocycles. The van der Waals surface area contributed by atoms with Gasteiger partial charge in [-0.3, -0.25) is 4.79 Å². The van der Waals surface area contributed by atoms with Crippen LogP contribution in [0.1, 0.15) is 114 Å². The Labute approximate surface area is 222 Å². The van der Waals surface area contributed by atoms with Crippen molar-refractivity contribution in [2.45, 2.75) is 154 Å². The van der Waals surface area contributed by atoms with Crippen molar-refractivity contribution >= 4 is 26.4 Å². The second kappa shape index (κ2) is 11.2. The lowest BCUT2D eigenvalue weighted by atomic mass is 9.65. The molecule has 2 aliphatic rings. The summed E-state index contributed by atoms with van der Waals surface area (Å²) >= 11 is 4.83. The molecule has 1 saturated carbocycles. The fraction of sp³-hybridized carbons (Fsp3) is 0.964. The molecule has 1 aliphatic heterocycles. The summed E-state index contributed by atoms with van der Waals surface area (Å²) in [5.74, 6) is 0.0119. The van der Waals surface area contributed by atoms with E-state index < -0.39 is 11.7 Å². The fourth-order valence-corrected chi connectivity index (χ4v) is 6.99. The average molecular weight is 512 g/mol. The van der Waals surface area contributed by atoms with Crippen molar-refractivity contribution < 1.29 is 19.4 Å². The van der Waals surface area contributed by atoms with Crippen molar-refractivity contribution in [3.05, 3.63) is 0 Å². The number of ether oxygens (including phenoxy) is 2. The Morgan fingerprint density at radius 3 is 2.40 bits per heavy atom. The number of rotatable bonds is 8. The third-order valence-electron chi connectivity index (χ3n) is 7.54. The smallest absolute Gasteiger partial charge is 0.223 e. The van der Waals surface area contributed by atoms with Crippen LogP contribution in [0.15, 0.2) is 0 Å². The van der Waals surface area contributed by atoms with E-state index in [1.165, 1.54) is 0 Å². The monoisotopic (exact) mass is 511 g/mol. The van der Waals surface area contributed by atoms with E-state index in [0.29, 0.717) is 19.4 Å². The molecule has 0 aromatic rings. The molecular formula is C28H54BNO4S. The summed E-state index contributed by atoms with van der Waals surface area (Å²) in [6, 6.07) is -0.160. The Hall–Kier alpha value is -0.235. The first-order valence-corrected chi connectivity index (χ1v) is 14.1. The number of hydrogen-bond donors (Lipinski definition) is 3.